The van der Waals surface area contributed by atoms with E-state index < -0.39 is 24.7 Å². The van der Waals surface area contributed by atoms with Crippen molar-refractivity contribution in [3.8, 4) is 0 Å². The molecule has 1 atom stereocenters. The van der Waals surface area contributed by atoms with Crippen LogP contribution >= 0.6 is 0 Å². The summed E-state index contributed by atoms with van der Waals surface area (Å²) in [4.78, 5) is 17.5. The third kappa shape index (κ3) is 5.98. The van der Waals surface area contributed by atoms with Crippen molar-refractivity contribution in [1.29, 1.82) is 0 Å². The van der Waals surface area contributed by atoms with Gasteiger partial charge >= 0.3 is 6.18 Å². The zero-order valence-corrected chi connectivity index (χ0v) is 14.7. The second-order valence-corrected chi connectivity index (χ2v) is 7.27. The van der Waals surface area contributed by atoms with E-state index in [0.29, 0.717) is 25.3 Å². The Morgan fingerprint density at radius 2 is 2.04 bits per heavy atom. The number of aromatic nitrogens is 2. The molecule has 142 valence electrons. The number of ether oxygens (including phenoxy) is 1. The third-order valence-corrected chi connectivity index (χ3v) is 3.94. The second-order valence-electron chi connectivity index (χ2n) is 7.27. The molecule has 1 unspecified atom stereocenters. The minimum absolute atomic E-state index is 0.113. The summed E-state index contributed by atoms with van der Waals surface area (Å²) in [7, 11) is 0. The topological polar surface area (TPSA) is 68.5 Å². The molecule has 0 saturated carbocycles. The average Bonchev–Trinajstić information content (AvgIpc) is 2.99. The molecule has 2 rings (SSSR count). The molecule has 1 amide bonds. The van der Waals surface area contributed by atoms with Gasteiger partial charge in [-0.1, -0.05) is 25.9 Å². The molecule has 1 aliphatic rings. The zero-order chi connectivity index (χ0) is 18.7. The van der Waals surface area contributed by atoms with Crippen LogP contribution in [0.3, 0.4) is 0 Å². The van der Waals surface area contributed by atoms with Crippen LogP contribution in [-0.4, -0.2) is 52.9 Å². The van der Waals surface area contributed by atoms with Crippen LogP contribution in [0.5, 0.6) is 0 Å². The highest BCUT2D eigenvalue weighted by Crippen LogP contribution is 2.23. The summed E-state index contributed by atoms with van der Waals surface area (Å²) in [6.07, 6.45) is -3.29. The number of nitrogens with zero attached hydrogens (tertiary/aromatic N) is 3. The Morgan fingerprint density at radius 3 is 2.56 bits per heavy atom. The van der Waals surface area contributed by atoms with E-state index in [1.807, 2.05) is 20.8 Å². The molecule has 1 saturated heterocycles. The van der Waals surface area contributed by atoms with Gasteiger partial charge in [0.05, 0.1) is 12.6 Å². The van der Waals surface area contributed by atoms with Crippen LogP contribution in [0, 0.1) is 0 Å². The molecule has 2 heterocycles. The first kappa shape index (κ1) is 19.7. The number of hydrogen-bond donors (Lipinski definition) is 0. The lowest BCUT2D eigenvalue weighted by Gasteiger charge is -2.34. The molecule has 0 N–H and O–H groups in total. The van der Waals surface area contributed by atoms with Gasteiger partial charge in [0.2, 0.25) is 11.8 Å². The maximum absolute atomic E-state index is 12.8. The predicted molar refractivity (Wildman–Crippen MR) is 82.9 cm³/mol. The summed E-state index contributed by atoms with van der Waals surface area (Å²) < 4.78 is 48.8. The lowest BCUT2D eigenvalue weighted by Crippen LogP contribution is -2.49. The van der Waals surface area contributed by atoms with E-state index >= 15 is 0 Å². The van der Waals surface area contributed by atoms with Crippen molar-refractivity contribution in [2.24, 2.45) is 0 Å². The number of halogens is 3. The number of amides is 1. The number of hydrogen-bond acceptors (Lipinski definition) is 5. The first-order valence-electron chi connectivity index (χ1n) is 8.33. The van der Waals surface area contributed by atoms with E-state index in [4.69, 9.17) is 9.26 Å². The minimum atomic E-state index is -4.45. The first-order chi connectivity index (χ1) is 11.6. The van der Waals surface area contributed by atoms with Crippen molar-refractivity contribution in [2.45, 2.75) is 64.1 Å². The van der Waals surface area contributed by atoms with Crippen molar-refractivity contribution in [3.05, 3.63) is 11.7 Å². The number of aryl methyl sites for hydroxylation is 1. The largest absolute Gasteiger partial charge is 0.406 e. The molecule has 0 aromatic carbocycles. The van der Waals surface area contributed by atoms with Gasteiger partial charge in [-0.05, 0) is 12.8 Å². The van der Waals surface area contributed by atoms with Crippen molar-refractivity contribution < 1.29 is 27.2 Å². The SMILES string of the molecule is CC(C)(C)c1noc(CCC(=O)N(CC(F)(F)F)C2CCCOC2)n1. The number of carbonyl (C=O) groups excluding carboxylic acids is 1. The summed E-state index contributed by atoms with van der Waals surface area (Å²) in [5.74, 6) is 0.177. The van der Waals surface area contributed by atoms with E-state index in [-0.39, 0.29) is 30.8 Å². The highest BCUT2D eigenvalue weighted by molar-refractivity contribution is 5.76. The molecule has 6 nitrogen and oxygen atoms in total. The van der Waals surface area contributed by atoms with Crippen molar-refractivity contribution in [1.82, 2.24) is 15.0 Å². The summed E-state index contributed by atoms with van der Waals surface area (Å²) in [5, 5.41) is 3.85. The predicted octanol–water partition coefficient (Wildman–Crippen LogP) is 2.87. The molecule has 0 spiro atoms. The Labute approximate surface area is 144 Å². The van der Waals surface area contributed by atoms with E-state index in [9.17, 15) is 18.0 Å². The third-order valence-electron chi connectivity index (χ3n) is 3.94. The van der Waals surface area contributed by atoms with Crippen molar-refractivity contribution in [2.75, 3.05) is 19.8 Å². The molecule has 1 aromatic rings. The van der Waals surface area contributed by atoms with Gasteiger partial charge in [0.25, 0.3) is 0 Å². The summed E-state index contributed by atoms with van der Waals surface area (Å²) in [5.41, 5.74) is -0.298. The first-order valence-corrected chi connectivity index (χ1v) is 8.33. The molecule has 25 heavy (non-hydrogen) atoms. The lowest BCUT2D eigenvalue weighted by atomic mass is 9.96. The summed E-state index contributed by atoms with van der Waals surface area (Å²) in [6, 6.07) is -0.546. The number of alkyl halides is 3. The Hall–Kier alpha value is -1.64. The Bertz CT molecular complexity index is 575. The molecular weight excluding hydrogens is 339 g/mol. The Kier molecular flexibility index (Phi) is 6.08. The monoisotopic (exact) mass is 363 g/mol. The van der Waals surface area contributed by atoms with Crippen LogP contribution in [0.2, 0.25) is 0 Å². The molecule has 1 aromatic heterocycles. The van der Waals surface area contributed by atoms with Gasteiger partial charge in [0.1, 0.15) is 6.54 Å². The maximum Gasteiger partial charge on any atom is 0.406 e. The van der Waals surface area contributed by atoms with Crippen LogP contribution in [0.4, 0.5) is 13.2 Å². The zero-order valence-electron chi connectivity index (χ0n) is 14.7. The van der Waals surface area contributed by atoms with Gasteiger partial charge in [-0.15, -0.1) is 0 Å². The fraction of sp³-hybridized carbons (Fsp3) is 0.812. The summed E-state index contributed by atoms with van der Waals surface area (Å²) >= 11 is 0. The minimum Gasteiger partial charge on any atom is -0.379 e. The molecule has 0 radical (unpaired) electrons. The maximum atomic E-state index is 12.8. The van der Waals surface area contributed by atoms with Gasteiger partial charge in [0.15, 0.2) is 5.82 Å². The van der Waals surface area contributed by atoms with Gasteiger partial charge in [0, 0.05) is 24.9 Å². The van der Waals surface area contributed by atoms with Gasteiger partial charge in [-0.25, -0.2) is 0 Å². The molecule has 0 bridgehead atoms. The van der Waals surface area contributed by atoms with Crippen molar-refractivity contribution >= 4 is 5.91 Å². The molecule has 1 fully saturated rings. The average molecular weight is 363 g/mol. The van der Waals surface area contributed by atoms with Gasteiger partial charge < -0.3 is 14.2 Å². The van der Waals surface area contributed by atoms with Gasteiger partial charge in [-0.3, -0.25) is 4.79 Å². The fourth-order valence-electron chi connectivity index (χ4n) is 2.60. The van der Waals surface area contributed by atoms with Crippen LogP contribution < -0.4 is 0 Å². The number of carbonyl (C=O) groups is 1. The lowest BCUT2D eigenvalue weighted by molar-refractivity contribution is -0.170. The molecule has 1 aliphatic heterocycles. The van der Waals surface area contributed by atoms with Crippen LogP contribution in [0.25, 0.3) is 0 Å². The van der Waals surface area contributed by atoms with Crippen LogP contribution in [0.1, 0.15) is 51.7 Å². The van der Waals surface area contributed by atoms with E-state index in [1.54, 1.807) is 0 Å². The normalized spacial score (nSPS) is 19.0. The van der Waals surface area contributed by atoms with Crippen LogP contribution in [0.15, 0.2) is 4.52 Å². The Morgan fingerprint density at radius 1 is 1.32 bits per heavy atom. The highest BCUT2D eigenvalue weighted by atomic mass is 19.4. The highest BCUT2D eigenvalue weighted by Gasteiger charge is 2.37. The van der Waals surface area contributed by atoms with E-state index in [2.05, 4.69) is 10.1 Å². The Balaban J connectivity index is 1.99. The van der Waals surface area contributed by atoms with Crippen molar-refractivity contribution in [3.63, 3.8) is 0 Å². The van der Waals surface area contributed by atoms with E-state index in [1.165, 1.54) is 0 Å². The van der Waals surface area contributed by atoms with Crippen LogP contribution in [-0.2, 0) is 21.4 Å². The molecular formula is C16H24F3N3O3. The second kappa shape index (κ2) is 7.72. The number of rotatable bonds is 5. The summed E-state index contributed by atoms with van der Waals surface area (Å²) in [6.45, 7) is 5.14. The van der Waals surface area contributed by atoms with E-state index in [0.717, 1.165) is 4.90 Å². The quantitative estimate of drug-likeness (QED) is 0.805. The fourth-order valence-corrected chi connectivity index (χ4v) is 2.60. The standard InChI is InChI=1S/C16H24F3N3O3/c1-15(2,3)14-20-12(25-21-14)6-7-13(23)22(10-16(17,18)19)11-5-4-8-24-9-11/h11H,4-10H2,1-3H3. The van der Waals surface area contributed by atoms with Gasteiger partial charge in [-0.2, -0.15) is 18.2 Å². The smallest absolute Gasteiger partial charge is 0.379 e. The molecule has 9 heteroatoms. The molecule has 0 aliphatic carbocycles.